The zero-order valence-electron chi connectivity index (χ0n) is 11.6. The van der Waals surface area contributed by atoms with Crippen molar-refractivity contribution in [1.29, 1.82) is 0 Å². The van der Waals surface area contributed by atoms with E-state index in [2.05, 4.69) is 15.1 Å². The molecule has 21 heavy (non-hydrogen) atoms. The third-order valence-corrected chi connectivity index (χ3v) is 3.75. The Bertz CT molecular complexity index is 596. The minimum Gasteiger partial charge on any atom is -0.394 e. The lowest BCUT2D eigenvalue weighted by molar-refractivity contribution is 0.0502. The summed E-state index contributed by atoms with van der Waals surface area (Å²) in [5, 5.41) is 13.4. The quantitative estimate of drug-likeness (QED) is 0.896. The van der Waals surface area contributed by atoms with E-state index in [4.69, 9.17) is 0 Å². The number of rotatable bonds is 3. The van der Waals surface area contributed by atoms with Crippen LogP contribution in [0.5, 0.6) is 0 Å². The maximum atomic E-state index is 12.5. The SMILES string of the molecule is O=C(c1ccc(-n2cncn2)nc1)N1CCCCC1CO. The van der Waals surface area contributed by atoms with Crippen LogP contribution in [0.3, 0.4) is 0 Å². The van der Waals surface area contributed by atoms with Crippen LogP contribution in [0.15, 0.2) is 31.0 Å². The molecule has 7 nitrogen and oxygen atoms in total. The minimum absolute atomic E-state index is 0.0101. The first-order chi connectivity index (χ1) is 10.3. The third-order valence-electron chi connectivity index (χ3n) is 3.75. The zero-order chi connectivity index (χ0) is 14.7. The molecule has 7 heteroatoms. The van der Waals surface area contributed by atoms with Gasteiger partial charge in [-0.15, -0.1) is 0 Å². The predicted octanol–water partition coefficient (Wildman–Crippen LogP) is 0.649. The fraction of sp³-hybridized carbons (Fsp3) is 0.429. The summed E-state index contributed by atoms with van der Waals surface area (Å²) in [4.78, 5) is 22.4. The van der Waals surface area contributed by atoms with E-state index in [1.165, 1.54) is 11.0 Å². The summed E-state index contributed by atoms with van der Waals surface area (Å²) in [6.07, 6.45) is 7.41. The van der Waals surface area contributed by atoms with Gasteiger partial charge in [0.05, 0.1) is 18.2 Å². The van der Waals surface area contributed by atoms with E-state index in [-0.39, 0.29) is 18.6 Å². The molecule has 110 valence electrons. The number of pyridine rings is 1. The van der Waals surface area contributed by atoms with Crippen LogP contribution in [0.1, 0.15) is 29.6 Å². The summed E-state index contributed by atoms with van der Waals surface area (Å²) in [6, 6.07) is 3.39. The second kappa shape index (κ2) is 6.01. The number of nitrogens with zero attached hydrogens (tertiary/aromatic N) is 5. The van der Waals surface area contributed by atoms with Crippen molar-refractivity contribution in [3.05, 3.63) is 36.5 Å². The van der Waals surface area contributed by atoms with Crippen molar-refractivity contribution in [2.75, 3.05) is 13.2 Å². The van der Waals surface area contributed by atoms with Gasteiger partial charge in [0.25, 0.3) is 5.91 Å². The highest BCUT2D eigenvalue weighted by atomic mass is 16.3. The number of likely N-dealkylation sites (tertiary alicyclic amines) is 1. The van der Waals surface area contributed by atoms with E-state index < -0.39 is 0 Å². The van der Waals surface area contributed by atoms with Crippen LogP contribution >= 0.6 is 0 Å². The first-order valence-corrected chi connectivity index (χ1v) is 7.02. The smallest absolute Gasteiger partial charge is 0.255 e. The molecule has 1 aliphatic rings. The molecule has 0 bridgehead atoms. The number of piperidine rings is 1. The van der Waals surface area contributed by atoms with Crippen molar-refractivity contribution in [2.45, 2.75) is 25.3 Å². The molecule has 1 fully saturated rings. The Hall–Kier alpha value is -2.28. The van der Waals surface area contributed by atoms with Gasteiger partial charge in [0.15, 0.2) is 5.82 Å². The van der Waals surface area contributed by atoms with E-state index >= 15 is 0 Å². The predicted molar refractivity (Wildman–Crippen MR) is 74.9 cm³/mol. The number of aliphatic hydroxyl groups is 1. The van der Waals surface area contributed by atoms with Gasteiger partial charge >= 0.3 is 0 Å². The van der Waals surface area contributed by atoms with Crippen LogP contribution in [0, 0.1) is 0 Å². The second-order valence-corrected chi connectivity index (χ2v) is 5.08. The first-order valence-electron chi connectivity index (χ1n) is 7.02. The van der Waals surface area contributed by atoms with Gasteiger partial charge in [-0.2, -0.15) is 5.10 Å². The highest BCUT2D eigenvalue weighted by molar-refractivity contribution is 5.94. The number of aliphatic hydroxyl groups excluding tert-OH is 1. The summed E-state index contributed by atoms with van der Waals surface area (Å²) < 4.78 is 1.53. The Morgan fingerprint density at radius 1 is 1.38 bits per heavy atom. The summed E-state index contributed by atoms with van der Waals surface area (Å²) in [6.45, 7) is 0.700. The van der Waals surface area contributed by atoms with Gasteiger partial charge in [-0.3, -0.25) is 4.79 Å². The van der Waals surface area contributed by atoms with Crippen LogP contribution in [-0.4, -0.2) is 54.9 Å². The van der Waals surface area contributed by atoms with Crippen LogP contribution in [0.25, 0.3) is 5.82 Å². The molecule has 3 heterocycles. The van der Waals surface area contributed by atoms with E-state index in [0.29, 0.717) is 17.9 Å². The van der Waals surface area contributed by atoms with E-state index in [9.17, 15) is 9.90 Å². The number of hydrogen-bond donors (Lipinski definition) is 1. The lowest BCUT2D eigenvalue weighted by Crippen LogP contribution is -2.45. The fourth-order valence-electron chi connectivity index (χ4n) is 2.60. The molecular formula is C14H17N5O2. The average molecular weight is 287 g/mol. The molecule has 1 amide bonds. The van der Waals surface area contributed by atoms with E-state index in [1.54, 1.807) is 29.6 Å². The van der Waals surface area contributed by atoms with E-state index in [0.717, 1.165) is 19.3 Å². The normalized spacial score (nSPS) is 18.7. The molecule has 0 aliphatic carbocycles. The third kappa shape index (κ3) is 2.78. The number of amides is 1. The number of aromatic nitrogens is 4. The van der Waals surface area contributed by atoms with E-state index in [1.807, 2.05) is 0 Å². The topological polar surface area (TPSA) is 84.1 Å². The molecule has 3 rings (SSSR count). The zero-order valence-corrected chi connectivity index (χ0v) is 11.6. The van der Waals surface area contributed by atoms with Gasteiger partial charge in [-0.05, 0) is 31.4 Å². The highest BCUT2D eigenvalue weighted by Gasteiger charge is 2.26. The monoisotopic (exact) mass is 287 g/mol. The molecule has 1 saturated heterocycles. The molecule has 2 aromatic rings. The second-order valence-electron chi connectivity index (χ2n) is 5.08. The van der Waals surface area contributed by atoms with Crippen LogP contribution in [0.4, 0.5) is 0 Å². The van der Waals surface area contributed by atoms with Gasteiger partial charge in [0, 0.05) is 12.7 Å². The number of hydrogen-bond acceptors (Lipinski definition) is 5. The van der Waals surface area contributed by atoms with Crippen molar-refractivity contribution in [1.82, 2.24) is 24.6 Å². The van der Waals surface area contributed by atoms with Gasteiger partial charge in [-0.25, -0.2) is 14.6 Å². The van der Waals surface area contributed by atoms with Crippen molar-refractivity contribution in [3.8, 4) is 5.82 Å². The summed E-state index contributed by atoms with van der Waals surface area (Å²) in [5.74, 6) is 0.535. The van der Waals surface area contributed by atoms with Gasteiger partial charge in [0.2, 0.25) is 0 Å². The molecule has 1 unspecified atom stereocenters. The van der Waals surface area contributed by atoms with Crippen molar-refractivity contribution < 1.29 is 9.90 Å². The molecule has 0 aromatic carbocycles. The fourth-order valence-corrected chi connectivity index (χ4v) is 2.60. The lowest BCUT2D eigenvalue weighted by Gasteiger charge is -2.34. The van der Waals surface area contributed by atoms with Gasteiger partial charge < -0.3 is 10.0 Å². The van der Waals surface area contributed by atoms with Crippen molar-refractivity contribution in [2.24, 2.45) is 0 Å². The van der Waals surface area contributed by atoms with Crippen molar-refractivity contribution in [3.63, 3.8) is 0 Å². The largest absolute Gasteiger partial charge is 0.394 e. The number of carbonyl (C=O) groups excluding carboxylic acids is 1. The highest BCUT2D eigenvalue weighted by Crippen LogP contribution is 2.19. The minimum atomic E-state index is -0.0822. The Labute approximate surface area is 122 Å². The lowest BCUT2D eigenvalue weighted by atomic mass is 10.0. The molecule has 0 saturated carbocycles. The molecule has 1 atom stereocenters. The molecule has 0 spiro atoms. The Morgan fingerprint density at radius 2 is 2.29 bits per heavy atom. The molecule has 1 aliphatic heterocycles. The van der Waals surface area contributed by atoms with Crippen LogP contribution in [0.2, 0.25) is 0 Å². The maximum Gasteiger partial charge on any atom is 0.255 e. The van der Waals surface area contributed by atoms with Crippen molar-refractivity contribution >= 4 is 5.91 Å². The van der Waals surface area contributed by atoms with Gasteiger partial charge in [-0.1, -0.05) is 0 Å². The maximum absolute atomic E-state index is 12.5. The first kappa shape index (κ1) is 13.7. The molecular weight excluding hydrogens is 270 g/mol. The average Bonchev–Trinajstić information content (AvgIpc) is 3.09. The summed E-state index contributed by atoms with van der Waals surface area (Å²) in [7, 11) is 0. The summed E-state index contributed by atoms with van der Waals surface area (Å²) >= 11 is 0. The molecule has 2 aromatic heterocycles. The Kier molecular flexibility index (Phi) is 3.92. The number of carbonyl (C=O) groups is 1. The van der Waals surface area contributed by atoms with Crippen LogP contribution < -0.4 is 0 Å². The Morgan fingerprint density at radius 3 is 2.95 bits per heavy atom. The Balaban J connectivity index is 1.78. The van der Waals surface area contributed by atoms with Crippen LogP contribution in [-0.2, 0) is 0 Å². The van der Waals surface area contributed by atoms with Gasteiger partial charge in [0.1, 0.15) is 12.7 Å². The molecule has 1 N–H and O–H groups in total. The summed E-state index contributed by atoms with van der Waals surface area (Å²) in [5.41, 5.74) is 0.527. The molecule has 0 radical (unpaired) electrons. The standard InChI is InChI=1S/C14H17N5O2/c20-8-12-3-1-2-6-18(12)14(21)11-4-5-13(16-7-11)19-10-15-9-17-19/h4-5,7,9-10,12,20H,1-3,6,8H2.